The average Bonchev–Trinajstić information content (AvgIpc) is 3.03. The van der Waals surface area contributed by atoms with Crippen molar-refractivity contribution in [2.45, 2.75) is 24.9 Å². The Hall–Kier alpha value is -1.91. The molecular weight excluding hydrogens is 221 g/mol. The standard InChI is InChI=1S/C12H12FN3O/c13-8-3-1-7(2-4-8)10-11(17)16-12(15-10)14-9-5-6-9/h1-4,9-10H,5-6H2,(H2,14,15,16,17). The number of aliphatic imine (C=N–C) groups is 1. The van der Waals surface area contributed by atoms with Crippen LogP contribution < -0.4 is 10.6 Å². The molecule has 1 heterocycles. The monoisotopic (exact) mass is 233 g/mol. The number of hydrogen-bond donors (Lipinski definition) is 2. The summed E-state index contributed by atoms with van der Waals surface area (Å²) in [5, 5.41) is 5.83. The Morgan fingerprint density at radius 2 is 2.00 bits per heavy atom. The molecule has 17 heavy (non-hydrogen) atoms. The maximum atomic E-state index is 12.8. The summed E-state index contributed by atoms with van der Waals surface area (Å²) in [5.74, 6) is 0.0547. The number of hydrogen-bond acceptors (Lipinski definition) is 3. The summed E-state index contributed by atoms with van der Waals surface area (Å²) in [6.07, 6.45) is 2.24. The maximum absolute atomic E-state index is 12.8. The van der Waals surface area contributed by atoms with E-state index in [0.717, 1.165) is 12.8 Å². The normalized spacial score (nSPS) is 23.2. The van der Waals surface area contributed by atoms with E-state index in [-0.39, 0.29) is 11.7 Å². The van der Waals surface area contributed by atoms with E-state index in [9.17, 15) is 9.18 Å². The van der Waals surface area contributed by atoms with Crippen molar-refractivity contribution < 1.29 is 9.18 Å². The molecule has 3 rings (SSSR count). The highest BCUT2D eigenvalue weighted by atomic mass is 19.1. The van der Waals surface area contributed by atoms with Gasteiger partial charge in [-0.2, -0.15) is 0 Å². The first kappa shape index (κ1) is 10.3. The van der Waals surface area contributed by atoms with E-state index in [0.29, 0.717) is 17.6 Å². The van der Waals surface area contributed by atoms with Gasteiger partial charge in [0, 0.05) is 6.04 Å². The molecule has 2 aliphatic rings. The quantitative estimate of drug-likeness (QED) is 0.803. The topological polar surface area (TPSA) is 53.5 Å². The molecule has 1 aliphatic heterocycles. The minimum Gasteiger partial charge on any atom is -0.353 e. The Bertz CT molecular complexity index is 479. The second-order valence-electron chi connectivity index (χ2n) is 4.34. The third-order valence-electron chi connectivity index (χ3n) is 2.85. The van der Waals surface area contributed by atoms with Gasteiger partial charge in [-0.3, -0.25) is 10.1 Å². The highest BCUT2D eigenvalue weighted by Crippen LogP contribution is 2.23. The van der Waals surface area contributed by atoms with Gasteiger partial charge in [0.25, 0.3) is 5.91 Å². The fourth-order valence-corrected chi connectivity index (χ4v) is 1.77. The molecule has 0 bridgehead atoms. The molecule has 2 N–H and O–H groups in total. The van der Waals surface area contributed by atoms with Crippen LogP contribution in [-0.4, -0.2) is 17.9 Å². The van der Waals surface area contributed by atoms with Gasteiger partial charge in [-0.15, -0.1) is 0 Å². The zero-order chi connectivity index (χ0) is 11.8. The van der Waals surface area contributed by atoms with Crippen molar-refractivity contribution in [3.05, 3.63) is 35.6 Å². The van der Waals surface area contributed by atoms with Gasteiger partial charge in [0.2, 0.25) is 0 Å². The zero-order valence-electron chi connectivity index (χ0n) is 9.11. The third kappa shape index (κ3) is 2.13. The molecule has 1 fully saturated rings. The van der Waals surface area contributed by atoms with Gasteiger partial charge in [0.1, 0.15) is 5.82 Å². The molecule has 0 radical (unpaired) electrons. The maximum Gasteiger partial charge on any atom is 0.256 e. The summed E-state index contributed by atoms with van der Waals surface area (Å²) in [6.45, 7) is 0. The molecule has 88 valence electrons. The van der Waals surface area contributed by atoms with Crippen LogP contribution in [0.25, 0.3) is 0 Å². The third-order valence-corrected chi connectivity index (χ3v) is 2.85. The van der Waals surface area contributed by atoms with Gasteiger partial charge >= 0.3 is 0 Å². The van der Waals surface area contributed by atoms with Gasteiger partial charge in [0.05, 0.1) is 0 Å². The predicted molar refractivity (Wildman–Crippen MR) is 60.9 cm³/mol. The molecule has 1 amide bonds. The van der Waals surface area contributed by atoms with E-state index in [1.165, 1.54) is 12.1 Å². The highest BCUT2D eigenvalue weighted by molar-refractivity contribution is 6.05. The predicted octanol–water partition coefficient (Wildman–Crippen LogP) is 1.10. The van der Waals surface area contributed by atoms with E-state index in [1.807, 2.05) is 0 Å². The Morgan fingerprint density at radius 1 is 1.29 bits per heavy atom. The Kier molecular flexibility index (Phi) is 2.31. The molecule has 4 nitrogen and oxygen atoms in total. The van der Waals surface area contributed by atoms with E-state index >= 15 is 0 Å². The molecule has 1 atom stereocenters. The van der Waals surface area contributed by atoms with Crippen molar-refractivity contribution in [2.24, 2.45) is 4.99 Å². The number of benzene rings is 1. The van der Waals surface area contributed by atoms with Gasteiger partial charge in [-0.1, -0.05) is 12.1 Å². The summed E-state index contributed by atoms with van der Waals surface area (Å²) in [4.78, 5) is 16.0. The number of nitrogens with one attached hydrogen (secondary N) is 2. The van der Waals surface area contributed by atoms with Crippen molar-refractivity contribution in [3.63, 3.8) is 0 Å². The van der Waals surface area contributed by atoms with Gasteiger partial charge in [0.15, 0.2) is 12.0 Å². The second kappa shape index (κ2) is 3.84. The summed E-state index contributed by atoms with van der Waals surface area (Å²) in [7, 11) is 0. The Labute approximate surface area is 97.9 Å². The van der Waals surface area contributed by atoms with Crippen LogP contribution in [0.5, 0.6) is 0 Å². The molecule has 5 heteroatoms. The number of carbonyl (C=O) groups is 1. The van der Waals surface area contributed by atoms with Gasteiger partial charge in [-0.05, 0) is 30.5 Å². The lowest BCUT2D eigenvalue weighted by Gasteiger charge is -2.03. The molecule has 1 aromatic carbocycles. The number of amides is 1. The minimum atomic E-state index is -0.558. The molecule has 0 spiro atoms. The second-order valence-corrected chi connectivity index (χ2v) is 4.34. The van der Waals surface area contributed by atoms with Crippen molar-refractivity contribution in [1.29, 1.82) is 0 Å². The van der Waals surface area contributed by atoms with Crippen LogP contribution in [0, 0.1) is 5.82 Å². The lowest BCUT2D eigenvalue weighted by Crippen LogP contribution is -2.37. The van der Waals surface area contributed by atoms with E-state index in [2.05, 4.69) is 15.6 Å². The largest absolute Gasteiger partial charge is 0.353 e. The van der Waals surface area contributed by atoms with Crippen LogP contribution in [-0.2, 0) is 4.79 Å². The van der Waals surface area contributed by atoms with E-state index < -0.39 is 6.04 Å². The lowest BCUT2D eigenvalue weighted by atomic mass is 10.1. The van der Waals surface area contributed by atoms with E-state index in [1.54, 1.807) is 12.1 Å². The molecule has 1 unspecified atom stereocenters. The first-order chi connectivity index (χ1) is 8.22. The summed E-state index contributed by atoms with van der Waals surface area (Å²) in [5.41, 5.74) is 0.705. The molecule has 1 aliphatic carbocycles. The molecule has 0 saturated heterocycles. The highest BCUT2D eigenvalue weighted by Gasteiger charge is 2.31. The SMILES string of the molecule is O=C1NC(NC2CC2)=NC1c1ccc(F)cc1. The Morgan fingerprint density at radius 3 is 2.65 bits per heavy atom. The molecular formula is C12H12FN3O. The molecule has 1 saturated carbocycles. The minimum absolute atomic E-state index is 0.167. The van der Waals surface area contributed by atoms with Crippen molar-refractivity contribution in [3.8, 4) is 0 Å². The lowest BCUT2D eigenvalue weighted by molar-refractivity contribution is -0.120. The smallest absolute Gasteiger partial charge is 0.256 e. The number of rotatable bonds is 2. The van der Waals surface area contributed by atoms with Crippen LogP contribution in [0.1, 0.15) is 24.4 Å². The first-order valence-electron chi connectivity index (χ1n) is 5.63. The average molecular weight is 233 g/mol. The molecule has 0 aromatic heterocycles. The Balaban J connectivity index is 1.79. The van der Waals surface area contributed by atoms with Crippen LogP contribution in [0.15, 0.2) is 29.3 Å². The van der Waals surface area contributed by atoms with Crippen LogP contribution in [0.2, 0.25) is 0 Å². The number of guanidine groups is 1. The van der Waals surface area contributed by atoms with Gasteiger partial charge < -0.3 is 5.32 Å². The van der Waals surface area contributed by atoms with Crippen LogP contribution >= 0.6 is 0 Å². The fraction of sp³-hybridized carbons (Fsp3) is 0.333. The summed E-state index contributed by atoms with van der Waals surface area (Å²) < 4.78 is 12.8. The molecule has 1 aromatic rings. The van der Waals surface area contributed by atoms with E-state index in [4.69, 9.17) is 0 Å². The van der Waals surface area contributed by atoms with Crippen LogP contribution in [0.4, 0.5) is 4.39 Å². The first-order valence-corrected chi connectivity index (χ1v) is 5.63. The number of halogens is 1. The summed E-state index contributed by atoms with van der Waals surface area (Å²) in [6, 6.07) is 5.74. The number of nitrogens with zero attached hydrogens (tertiary/aromatic N) is 1. The van der Waals surface area contributed by atoms with Crippen molar-refractivity contribution in [2.75, 3.05) is 0 Å². The van der Waals surface area contributed by atoms with Crippen molar-refractivity contribution >= 4 is 11.9 Å². The van der Waals surface area contributed by atoms with Crippen LogP contribution in [0.3, 0.4) is 0 Å². The van der Waals surface area contributed by atoms with Gasteiger partial charge in [-0.25, -0.2) is 9.38 Å². The summed E-state index contributed by atoms with van der Waals surface area (Å²) >= 11 is 0. The van der Waals surface area contributed by atoms with Crippen molar-refractivity contribution in [1.82, 2.24) is 10.6 Å². The zero-order valence-corrected chi connectivity index (χ0v) is 9.11. The number of carbonyl (C=O) groups excluding carboxylic acids is 1. The fourth-order valence-electron chi connectivity index (χ4n) is 1.77.